The Kier molecular flexibility index (Phi) is 6.35. The standard InChI is InChI=1S/C20H22N6O2/c1-3-11-26-20(23-24-25-26)21-13-16-5-4-6-18(12-16)28-14-19(27)22-17-9-7-15(2)8-10-17/h3-10,12H,1,11,13-14H2,2H3,(H,22,27)(H,21,23,25). The van der Waals surface area contributed by atoms with Crippen LogP contribution in [0.4, 0.5) is 11.6 Å². The van der Waals surface area contributed by atoms with Gasteiger partial charge >= 0.3 is 0 Å². The molecule has 0 bridgehead atoms. The summed E-state index contributed by atoms with van der Waals surface area (Å²) in [5.74, 6) is 0.962. The van der Waals surface area contributed by atoms with Crippen molar-refractivity contribution in [3.8, 4) is 5.75 Å². The largest absolute Gasteiger partial charge is 0.484 e. The lowest BCUT2D eigenvalue weighted by molar-refractivity contribution is -0.118. The van der Waals surface area contributed by atoms with E-state index < -0.39 is 0 Å². The number of aryl methyl sites for hydroxylation is 1. The fraction of sp³-hybridized carbons (Fsp3) is 0.200. The fourth-order valence-electron chi connectivity index (χ4n) is 2.49. The van der Waals surface area contributed by atoms with Crippen LogP contribution in [0, 0.1) is 6.92 Å². The first-order valence-corrected chi connectivity index (χ1v) is 8.83. The zero-order valence-corrected chi connectivity index (χ0v) is 15.6. The molecule has 8 heteroatoms. The summed E-state index contributed by atoms with van der Waals surface area (Å²) in [6, 6.07) is 15.1. The van der Waals surface area contributed by atoms with Gasteiger partial charge in [0.15, 0.2) is 6.61 Å². The van der Waals surface area contributed by atoms with E-state index in [9.17, 15) is 4.79 Å². The van der Waals surface area contributed by atoms with Crippen LogP contribution in [-0.4, -0.2) is 32.7 Å². The Bertz CT molecular complexity index is 936. The molecule has 0 aliphatic carbocycles. The van der Waals surface area contributed by atoms with Crippen molar-refractivity contribution in [3.63, 3.8) is 0 Å². The maximum absolute atomic E-state index is 12.1. The predicted octanol–water partition coefficient (Wildman–Crippen LogP) is 2.80. The van der Waals surface area contributed by atoms with Gasteiger partial charge in [-0.25, -0.2) is 4.68 Å². The summed E-state index contributed by atoms with van der Waals surface area (Å²) in [7, 11) is 0. The minimum Gasteiger partial charge on any atom is -0.484 e. The molecule has 3 rings (SSSR count). The Balaban J connectivity index is 1.51. The SMILES string of the molecule is C=CCn1nnnc1NCc1cccc(OCC(=O)Nc2ccc(C)cc2)c1. The number of ether oxygens (including phenoxy) is 1. The molecule has 0 aliphatic rings. The first kappa shape index (κ1) is 19.1. The third-order valence-electron chi connectivity index (χ3n) is 3.89. The number of tetrazole rings is 1. The number of hydrogen-bond donors (Lipinski definition) is 2. The molecule has 1 aromatic heterocycles. The second-order valence-electron chi connectivity index (χ2n) is 6.18. The summed E-state index contributed by atoms with van der Waals surface area (Å²) >= 11 is 0. The average Bonchev–Trinajstić information content (AvgIpc) is 3.14. The molecule has 0 radical (unpaired) electrons. The van der Waals surface area contributed by atoms with Gasteiger partial charge in [0, 0.05) is 12.2 Å². The third kappa shape index (κ3) is 5.41. The molecule has 0 saturated heterocycles. The summed E-state index contributed by atoms with van der Waals surface area (Å²) in [6.45, 7) is 6.65. The Hall–Kier alpha value is -3.68. The van der Waals surface area contributed by atoms with Crippen LogP contribution in [0.3, 0.4) is 0 Å². The van der Waals surface area contributed by atoms with E-state index in [0.29, 0.717) is 24.8 Å². The predicted molar refractivity (Wildman–Crippen MR) is 107 cm³/mol. The molecular weight excluding hydrogens is 356 g/mol. The highest BCUT2D eigenvalue weighted by atomic mass is 16.5. The molecule has 0 atom stereocenters. The zero-order chi connectivity index (χ0) is 19.8. The van der Waals surface area contributed by atoms with E-state index >= 15 is 0 Å². The number of benzene rings is 2. The highest BCUT2D eigenvalue weighted by Gasteiger charge is 2.06. The number of aromatic nitrogens is 4. The third-order valence-corrected chi connectivity index (χ3v) is 3.89. The van der Waals surface area contributed by atoms with Crippen LogP contribution in [0.1, 0.15) is 11.1 Å². The van der Waals surface area contributed by atoms with Gasteiger partial charge in [-0.05, 0) is 47.2 Å². The van der Waals surface area contributed by atoms with E-state index in [2.05, 4.69) is 32.7 Å². The molecule has 2 aromatic carbocycles. The van der Waals surface area contributed by atoms with Crippen molar-refractivity contribution < 1.29 is 9.53 Å². The number of carbonyl (C=O) groups is 1. The van der Waals surface area contributed by atoms with Crippen molar-refractivity contribution >= 4 is 17.5 Å². The lowest BCUT2D eigenvalue weighted by atomic mass is 10.2. The van der Waals surface area contributed by atoms with Crippen molar-refractivity contribution in [2.75, 3.05) is 17.2 Å². The lowest BCUT2D eigenvalue weighted by Gasteiger charge is -2.10. The Labute approximate surface area is 163 Å². The molecule has 28 heavy (non-hydrogen) atoms. The normalized spacial score (nSPS) is 10.3. The average molecular weight is 378 g/mol. The molecule has 0 unspecified atom stereocenters. The minimum absolute atomic E-state index is 0.0671. The molecule has 144 valence electrons. The highest BCUT2D eigenvalue weighted by molar-refractivity contribution is 5.91. The highest BCUT2D eigenvalue weighted by Crippen LogP contribution is 2.15. The van der Waals surface area contributed by atoms with Crippen LogP contribution in [0.15, 0.2) is 61.2 Å². The minimum atomic E-state index is -0.212. The molecule has 8 nitrogen and oxygen atoms in total. The van der Waals surface area contributed by atoms with Crippen molar-refractivity contribution in [1.29, 1.82) is 0 Å². The monoisotopic (exact) mass is 378 g/mol. The van der Waals surface area contributed by atoms with Gasteiger partial charge in [0.05, 0.1) is 6.54 Å². The molecule has 1 amide bonds. The van der Waals surface area contributed by atoms with Gasteiger partial charge < -0.3 is 15.4 Å². The number of amides is 1. The number of nitrogens with one attached hydrogen (secondary N) is 2. The number of nitrogens with zero attached hydrogens (tertiary/aromatic N) is 4. The molecule has 0 fully saturated rings. The summed E-state index contributed by atoms with van der Waals surface area (Å²) in [6.07, 6.45) is 1.72. The quantitative estimate of drug-likeness (QED) is 0.556. The fourth-order valence-corrected chi connectivity index (χ4v) is 2.49. The van der Waals surface area contributed by atoms with Crippen LogP contribution in [0.25, 0.3) is 0 Å². The Morgan fingerprint density at radius 3 is 2.86 bits per heavy atom. The second-order valence-corrected chi connectivity index (χ2v) is 6.18. The van der Waals surface area contributed by atoms with Gasteiger partial charge in [0.1, 0.15) is 5.75 Å². The maximum atomic E-state index is 12.1. The Morgan fingerprint density at radius 1 is 1.25 bits per heavy atom. The molecule has 0 aliphatic heterocycles. The van der Waals surface area contributed by atoms with Crippen LogP contribution in [-0.2, 0) is 17.9 Å². The van der Waals surface area contributed by atoms with E-state index in [4.69, 9.17) is 4.74 Å². The van der Waals surface area contributed by atoms with Crippen LogP contribution in [0.2, 0.25) is 0 Å². The number of carbonyl (C=O) groups excluding carboxylic acids is 1. The van der Waals surface area contributed by atoms with Gasteiger partial charge in [-0.2, -0.15) is 0 Å². The molecule has 1 heterocycles. The first-order valence-electron chi connectivity index (χ1n) is 8.83. The lowest BCUT2D eigenvalue weighted by Crippen LogP contribution is -2.20. The van der Waals surface area contributed by atoms with Gasteiger partial charge in [-0.1, -0.05) is 41.0 Å². The van der Waals surface area contributed by atoms with E-state index in [1.165, 1.54) is 0 Å². The number of rotatable bonds is 9. The second kappa shape index (κ2) is 9.31. The number of anilines is 2. The van der Waals surface area contributed by atoms with Crippen LogP contribution < -0.4 is 15.4 Å². The number of hydrogen-bond acceptors (Lipinski definition) is 6. The van der Waals surface area contributed by atoms with Gasteiger partial charge in [0.25, 0.3) is 5.91 Å². The van der Waals surface area contributed by atoms with Crippen molar-refractivity contribution in [1.82, 2.24) is 20.2 Å². The van der Waals surface area contributed by atoms with E-state index in [1.807, 2.05) is 55.5 Å². The summed E-state index contributed by atoms with van der Waals surface area (Å²) in [4.78, 5) is 12.1. The van der Waals surface area contributed by atoms with Crippen molar-refractivity contribution in [2.45, 2.75) is 20.0 Å². The summed E-state index contributed by atoms with van der Waals surface area (Å²) < 4.78 is 7.22. The van der Waals surface area contributed by atoms with E-state index in [1.54, 1.807) is 10.8 Å². The topological polar surface area (TPSA) is 94.0 Å². The summed E-state index contributed by atoms with van der Waals surface area (Å²) in [5, 5.41) is 17.4. The smallest absolute Gasteiger partial charge is 0.262 e. The molecule has 0 saturated carbocycles. The van der Waals surface area contributed by atoms with Crippen LogP contribution in [0.5, 0.6) is 5.75 Å². The molecule has 3 aromatic rings. The summed E-state index contributed by atoms with van der Waals surface area (Å²) in [5.41, 5.74) is 2.86. The van der Waals surface area contributed by atoms with Gasteiger partial charge in [-0.3, -0.25) is 4.79 Å². The maximum Gasteiger partial charge on any atom is 0.262 e. The van der Waals surface area contributed by atoms with Crippen molar-refractivity contribution in [2.24, 2.45) is 0 Å². The molecule has 2 N–H and O–H groups in total. The molecular formula is C20H22N6O2. The van der Waals surface area contributed by atoms with Crippen LogP contribution >= 0.6 is 0 Å². The van der Waals surface area contributed by atoms with Gasteiger partial charge in [-0.15, -0.1) is 6.58 Å². The first-order chi connectivity index (χ1) is 13.6. The van der Waals surface area contributed by atoms with Crippen molar-refractivity contribution in [3.05, 3.63) is 72.3 Å². The number of allylic oxidation sites excluding steroid dienone is 1. The van der Waals surface area contributed by atoms with E-state index in [0.717, 1.165) is 16.8 Å². The molecule has 0 spiro atoms. The zero-order valence-electron chi connectivity index (χ0n) is 15.6. The van der Waals surface area contributed by atoms with E-state index in [-0.39, 0.29) is 12.5 Å². The van der Waals surface area contributed by atoms with Gasteiger partial charge in [0.2, 0.25) is 5.95 Å². The Morgan fingerprint density at radius 2 is 2.07 bits per heavy atom.